The highest BCUT2D eigenvalue weighted by Gasteiger charge is 2.63. The van der Waals surface area contributed by atoms with Crippen molar-refractivity contribution in [3.8, 4) is 0 Å². The van der Waals surface area contributed by atoms with Crippen LogP contribution in [0, 0.1) is 23.2 Å². The molecule has 3 N–H and O–H groups in total. The molecular weight excluding hydrogens is 190 g/mol. The van der Waals surface area contributed by atoms with Gasteiger partial charge in [0.1, 0.15) is 0 Å². The van der Waals surface area contributed by atoms with E-state index in [-0.39, 0.29) is 11.5 Å². The van der Waals surface area contributed by atoms with Crippen LogP contribution in [0.3, 0.4) is 0 Å². The molecule has 4 fully saturated rings. The van der Waals surface area contributed by atoms with E-state index in [1.807, 2.05) is 0 Å². The second-order valence-corrected chi connectivity index (χ2v) is 6.20. The summed E-state index contributed by atoms with van der Waals surface area (Å²) in [7, 11) is 0. The summed E-state index contributed by atoms with van der Waals surface area (Å²) in [6.07, 6.45) is 5.08. The fourth-order valence-corrected chi connectivity index (χ4v) is 4.84. The summed E-state index contributed by atoms with van der Waals surface area (Å²) in [5, 5.41) is 9.51. The lowest BCUT2D eigenvalue weighted by atomic mass is 9.43. The van der Waals surface area contributed by atoms with Crippen molar-refractivity contribution in [2.45, 2.75) is 44.6 Å². The van der Waals surface area contributed by atoms with Gasteiger partial charge >= 0.3 is 5.97 Å². The average Bonchev–Trinajstić information content (AvgIpc) is 2.12. The van der Waals surface area contributed by atoms with Crippen LogP contribution in [-0.2, 0) is 4.79 Å². The molecule has 0 aromatic rings. The van der Waals surface area contributed by atoms with Crippen molar-refractivity contribution in [3.05, 3.63) is 0 Å². The Kier molecular flexibility index (Phi) is 1.65. The SMILES string of the molecule is CC1C2(N)CC3CC(C2)CC1(C(=O)O)C3. The van der Waals surface area contributed by atoms with Gasteiger partial charge in [-0.3, -0.25) is 4.79 Å². The molecule has 4 saturated carbocycles. The number of rotatable bonds is 1. The Balaban J connectivity index is 2.07. The molecule has 4 rings (SSSR count). The van der Waals surface area contributed by atoms with Gasteiger partial charge in [0, 0.05) is 5.54 Å². The van der Waals surface area contributed by atoms with Gasteiger partial charge in [-0.1, -0.05) is 6.92 Å². The van der Waals surface area contributed by atoms with Gasteiger partial charge in [0.05, 0.1) is 5.41 Å². The van der Waals surface area contributed by atoms with Gasteiger partial charge in [0.25, 0.3) is 0 Å². The van der Waals surface area contributed by atoms with Crippen LogP contribution >= 0.6 is 0 Å². The number of hydrogen-bond acceptors (Lipinski definition) is 2. The van der Waals surface area contributed by atoms with Crippen LogP contribution < -0.4 is 5.73 Å². The molecular formula is C12H19NO2. The zero-order chi connectivity index (χ0) is 10.8. The third-order valence-corrected chi connectivity index (χ3v) is 5.43. The van der Waals surface area contributed by atoms with E-state index >= 15 is 0 Å². The van der Waals surface area contributed by atoms with Crippen molar-refractivity contribution in [2.24, 2.45) is 28.9 Å². The maximum Gasteiger partial charge on any atom is 0.309 e. The molecule has 0 heterocycles. The lowest BCUT2D eigenvalue weighted by molar-refractivity contribution is -0.178. The summed E-state index contributed by atoms with van der Waals surface area (Å²) in [5.41, 5.74) is 5.76. The van der Waals surface area contributed by atoms with Gasteiger partial charge in [0.15, 0.2) is 0 Å². The predicted molar refractivity (Wildman–Crippen MR) is 56.2 cm³/mol. The van der Waals surface area contributed by atoms with Crippen molar-refractivity contribution < 1.29 is 9.90 Å². The molecule has 15 heavy (non-hydrogen) atoms. The normalized spacial score (nSPS) is 57.1. The second kappa shape index (κ2) is 2.57. The van der Waals surface area contributed by atoms with Crippen LogP contribution in [-0.4, -0.2) is 16.6 Å². The predicted octanol–water partition coefficient (Wildman–Crippen LogP) is 1.61. The minimum atomic E-state index is -0.598. The quantitative estimate of drug-likeness (QED) is 0.689. The first-order valence-electron chi connectivity index (χ1n) is 5.98. The first-order valence-corrected chi connectivity index (χ1v) is 5.98. The average molecular weight is 209 g/mol. The summed E-state index contributed by atoms with van der Waals surface area (Å²) in [6.45, 7) is 2.06. The lowest BCUT2D eigenvalue weighted by Gasteiger charge is -2.63. The summed E-state index contributed by atoms with van der Waals surface area (Å²) in [4.78, 5) is 11.5. The number of carboxylic acid groups (broad SMARTS) is 1. The molecule has 3 unspecified atom stereocenters. The molecule has 0 aromatic carbocycles. The Hall–Kier alpha value is -0.570. The van der Waals surface area contributed by atoms with Crippen molar-refractivity contribution in [1.82, 2.24) is 0 Å². The second-order valence-electron chi connectivity index (χ2n) is 6.20. The zero-order valence-corrected chi connectivity index (χ0v) is 9.20. The van der Waals surface area contributed by atoms with E-state index in [9.17, 15) is 9.90 Å². The zero-order valence-electron chi connectivity index (χ0n) is 9.20. The minimum Gasteiger partial charge on any atom is -0.481 e. The highest BCUT2D eigenvalue weighted by atomic mass is 16.4. The Morgan fingerprint density at radius 3 is 2.27 bits per heavy atom. The molecule has 0 spiro atoms. The Morgan fingerprint density at radius 1 is 1.27 bits per heavy atom. The molecule has 3 nitrogen and oxygen atoms in total. The number of carboxylic acids is 1. The third-order valence-electron chi connectivity index (χ3n) is 5.43. The van der Waals surface area contributed by atoms with E-state index in [1.165, 1.54) is 6.42 Å². The van der Waals surface area contributed by atoms with Crippen molar-refractivity contribution >= 4 is 5.97 Å². The third kappa shape index (κ3) is 1.02. The van der Waals surface area contributed by atoms with Crippen LogP contribution in [0.1, 0.15) is 39.0 Å². The van der Waals surface area contributed by atoms with Gasteiger partial charge < -0.3 is 10.8 Å². The molecule has 3 heteroatoms. The fraction of sp³-hybridized carbons (Fsp3) is 0.917. The lowest BCUT2D eigenvalue weighted by Crippen LogP contribution is -2.67. The maximum absolute atomic E-state index is 11.5. The number of aliphatic carboxylic acids is 1. The van der Waals surface area contributed by atoms with Crippen LogP contribution in [0.4, 0.5) is 0 Å². The smallest absolute Gasteiger partial charge is 0.309 e. The van der Waals surface area contributed by atoms with E-state index in [0.29, 0.717) is 11.8 Å². The highest BCUT2D eigenvalue weighted by Crippen LogP contribution is 2.63. The van der Waals surface area contributed by atoms with E-state index in [4.69, 9.17) is 5.73 Å². The Bertz CT molecular complexity index is 312. The van der Waals surface area contributed by atoms with Crippen molar-refractivity contribution in [1.29, 1.82) is 0 Å². The molecule has 4 bridgehead atoms. The highest BCUT2D eigenvalue weighted by molar-refractivity contribution is 5.76. The van der Waals surface area contributed by atoms with Crippen molar-refractivity contribution in [3.63, 3.8) is 0 Å². The van der Waals surface area contributed by atoms with Gasteiger partial charge in [-0.05, 0) is 49.9 Å². The largest absolute Gasteiger partial charge is 0.481 e. The van der Waals surface area contributed by atoms with Gasteiger partial charge in [0.2, 0.25) is 0 Å². The van der Waals surface area contributed by atoms with Gasteiger partial charge in [-0.15, -0.1) is 0 Å². The summed E-state index contributed by atoms with van der Waals surface area (Å²) in [6, 6.07) is 0. The van der Waals surface area contributed by atoms with E-state index in [2.05, 4.69) is 6.92 Å². The summed E-state index contributed by atoms with van der Waals surface area (Å²) < 4.78 is 0. The van der Waals surface area contributed by atoms with Gasteiger partial charge in [-0.2, -0.15) is 0 Å². The fourth-order valence-electron chi connectivity index (χ4n) is 4.84. The summed E-state index contributed by atoms with van der Waals surface area (Å²) >= 11 is 0. The molecule has 0 aliphatic heterocycles. The number of nitrogens with two attached hydrogens (primary N) is 1. The van der Waals surface area contributed by atoms with Crippen LogP contribution in [0.15, 0.2) is 0 Å². The summed E-state index contributed by atoms with van der Waals surface area (Å²) in [5.74, 6) is 0.707. The molecule has 4 aliphatic rings. The first-order chi connectivity index (χ1) is 6.96. The van der Waals surface area contributed by atoms with Crippen LogP contribution in [0.2, 0.25) is 0 Å². The number of carbonyl (C=O) groups is 1. The molecule has 0 amide bonds. The first kappa shape index (κ1) is 9.64. The molecule has 0 aromatic heterocycles. The van der Waals surface area contributed by atoms with Gasteiger partial charge in [-0.25, -0.2) is 0 Å². The Labute approximate surface area is 90.0 Å². The molecule has 84 valence electrons. The topological polar surface area (TPSA) is 63.3 Å². The number of hydrogen-bond donors (Lipinski definition) is 2. The maximum atomic E-state index is 11.5. The van der Waals surface area contributed by atoms with E-state index in [0.717, 1.165) is 25.7 Å². The minimum absolute atomic E-state index is 0.148. The molecule has 4 aliphatic carbocycles. The van der Waals surface area contributed by atoms with Crippen LogP contribution in [0.5, 0.6) is 0 Å². The molecule has 0 saturated heterocycles. The molecule has 3 atom stereocenters. The molecule has 0 radical (unpaired) electrons. The van der Waals surface area contributed by atoms with Crippen LogP contribution in [0.25, 0.3) is 0 Å². The monoisotopic (exact) mass is 209 g/mol. The van der Waals surface area contributed by atoms with E-state index < -0.39 is 11.4 Å². The van der Waals surface area contributed by atoms with Crippen molar-refractivity contribution in [2.75, 3.05) is 0 Å². The van der Waals surface area contributed by atoms with E-state index in [1.54, 1.807) is 0 Å². The Morgan fingerprint density at radius 2 is 1.80 bits per heavy atom. The standard InChI is InChI=1S/C12H19NO2/c1-7-11(10(14)15)3-8-2-9(4-11)6-12(7,13)5-8/h7-9H,2-6,13H2,1H3,(H,14,15).